The quantitative estimate of drug-likeness (QED) is 0.814. The summed E-state index contributed by atoms with van der Waals surface area (Å²) < 4.78 is 34.0. The Morgan fingerprint density at radius 1 is 1.41 bits per heavy atom. The molecule has 1 aliphatic heterocycles. The number of ether oxygens (including phenoxy) is 1. The molecule has 10 heteroatoms. The largest absolute Gasteiger partial charge is 0.367 e. The van der Waals surface area contributed by atoms with Crippen LogP contribution in [0.15, 0.2) is 22.0 Å². The number of rotatable bonds is 4. The minimum Gasteiger partial charge on any atom is -0.367 e. The van der Waals surface area contributed by atoms with Crippen molar-refractivity contribution in [1.82, 2.24) is 13.9 Å². The molecule has 0 atom stereocenters. The molecule has 1 saturated heterocycles. The standard InChI is InChI=1S/C12H13Cl2N3O3S2/c1-16-4-3-15-11(16)12(20-2)6-17(7-12)22(18,19)10-9(14)8(13)5-21-10/h3-5H,6-7H2,1-2H3. The molecule has 22 heavy (non-hydrogen) atoms. The van der Waals surface area contributed by atoms with Gasteiger partial charge in [-0.15, -0.1) is 11.3 Å². The van der Waals surface area contributed by atoms with Crippen LogP contribution in [0.4, 0.5) is 0 Å². The Hall–Kier alpha value is -0.640. The van der Waals surface area contributed by atoms with Gasteiger partial charge < -0.3 is 9.30 Å². The molecule has 0 N–H and O–H groups in total. The normalized spacial score (nSPS) is 18.4. The number of imidazole rings is 1. The molecule has 120 valence electrons. The van der Waals surface area contributed by atoms with Crippen molar-refractivity contribution < 1.29 is 13.2 Å². The first-order valence-electron chi connectivity index (χ1n) is 6.27. The third-order valence-corrected chi connectivity index (χ3v) is 8.16. The number of hydrogen-bond acceptors (Lipinski definition) is 5. The van der Waals surface area contributed by atoms with Crippen LogP contribution in [0.2, 0.25) is 10.0 Å². The van der Waals surface area contributed by atoms with Crippen molar-refractivity contribution >= 4 is 44.6 Å². The fourth-order valence-electron chi connectivity index (χ4n) is 2.46. The van der Waals surface area contributed by atoms with E-state index in [1.165, 1.54) is 9.69 Å². The molecular weight excluding hydrogens is 369 g/mol. The topological polar surface area (TPSA) is 64.4 Å². The van der Waals surface area contributed by atoms with Crippen molar-refractivity contribution in [2.24, 2.45) is 7.05 Å². The van der Waals surface area contributed by atoms with Gasteiger partial charge in [0.2, 0.25) is 0 Å². The lowest BCUT2D eigenvalue weighted by atomic mass is 9.95. The summed E-state index contributed by atoms with van der Waals surface area (Å²) in [6.07, 6.45) is 3.45. The lowest BCUT2D eigenvalue weighted by Crippen LogP contribution is -2.62. The molecule has 3 heterocycles. The monoisotopic (exact) mass is 381 g/mol. The summed E-state index contributed by atoms with van der Waals surface area (Å²) in [5.41, 5.74) is -0.737. The number of nitrogens with zero attached hydrogens (tertiary/aromatic N) is 3. The molecule has 6 nitrogen and oxygen atoms in total. The average Bonchev–Trinajstić information content (AvgIpc) is 2.98. The predicted octanol–water partition coefficient (Wildman–Crippen LogP) is 2.33. The Bertz CT molecular complexity index is 809. The lowest BCUT2D eigenvalue weighted by molar-refractivity contribution is -0.105. The first-order chi connectivity index (χ1) is 10.3. The van der Waals surface area contributed by atoms with Crippen molar-refractivity contribution in [3.8, 4) is 0 Å². The van der Waals surface area contributed by atoms with E-state index in [9.17, 15) is 8.42 Å². The number of sulfonamides is 1. The van der Waals surface area contributed by atoms with Gasteiger partial charge in [0.15, 0.2) is 9.81 Å². The van der Waals surface area contributed by atoms with Crippen LogP contribution < -0.4 is 0 Å². The highest BCUT2D eigenvalue weighted by molar-refractivity contribution is 7.91. The molecule has 3 rings (SSSR count). The number of thiophene rings is 1. The van der Waals surface area contributed by atoms with Gasteiger partial charge in [-0.1, -0.05) is 23.2 Å². The van der Waals surface area contributed by atoms with E-state index in [1.54, 1.807) is 19.5 Å². The van der Waals surface area contributed by atoms with E-state index in [1.807, 2.05) is 11.6 Å². The van der Waals surface area contributed by atoms with Crippen LogP contribution in [-0.2, 0) is 27.4 Å². The smallest absolute Gasteiger partial charge is 0.254 e. The molecule has 0 saturated carbocycles. The van der Waals surface area contributed by atoms with Gasteiger partial charge >= 0.3 is 0 Å². The third kappa shape index (κ3) is 2.29. The Morgan fingerprint density at radius 2 is 2.09 bits per heavy atom. The Kier molecular flexibility index (Phi) is 4.03. The molecule has 1 aliphatic rings. The van der Waals surface area contributed by atoms with E-state index in [2.05, 4.69) is 4.98 Å². The zero-order valence-electron chi connectivity index (χ0n) is 11.8. The minimum absolute atomic E-state index is 0.0590. The van der Waals surface area contributed by atoms with Crippen LogP contribution in [0.25, 0.3) is 0 Å². The maximum atomic E-state index is 12.6. The molecule has 0 unspecified atom stereocenters. The van der Waals surface area contributed by atoms with E-state index in [0.29, 0.717) is 5.82 Å². The number of halogens is 2. The Morgan fingerprint density at radius 3 is 2.55 bits per heavy atom. The summed E-state index contributed by atoms with van der Waals surface area (Å²) in [6.45, 7) is 0.366. The van der Waals surface area contributed by atoms with Crippen LogP contribution in [0.3, 0.4) is 0 Å². The van der Waals surface area contributed by atoms with E-state index in [4.69, 9.17) is 27.9 Å². The van der Waals surface area contributed by atoms with E-state index < -0.39 is 15.6 Å². The van der Waals surface area contributed by atoms with Crippen molar-refractivity contribution in [1.29, 1.82) is 0 Å². The van der Waals surface area contributed by atoms with Gasteiger partial charge in [0.25, 0.3) is 10.0 Å². The summed E-state index contributed by atoms with van der Waals surface area (Å²) in [6, 6.07) is 0. The highest BCUT2D eigenvalue weighted by Crippen LogP contribution is 2.42. The first-order valence-corrected chi connectivity index (χ1v) is 9.35. The van der Waals surface area contributed by atoms with Gasteiger partial charge in [0, 0.05) is 31.9 Å². The van der Waals surface area contributed by atoms with Crippen molar-refractivity contribution in [2.75, 3.05) is 20.2 Å². The molecule has 0 bridgehead atoms. The molecule has 2 aromatic heterocycles. The first kappa shape index (κ1) is 16.2. The fourth-order valence-corrected chi connectivity index (χ4v) is 6.16. The number of hydrogen-bond donors (Lipinski definition) is 0. The van der Waals surface area contributed by atoms with Crippen molar-refractivity contribution in [2.45, 2.75) is 9.81 Å². The second-order valence-corrected chi connectivity index (χ2v) is 8.82. The Labute approximate surface area is 142 Å². The Balaban J connectivity index is 1.89. The van der Waals surface area contributed by atoms with E-state index >= 15 is 0 Å². The van der Waals surface area contributed by atoms with Gasteiger partial charge in [-0.2, -0.15) is 4.31 Å². The lowest BCUT2D eigenvalue weighted by Gasteiger charge is -2.46. The molecular formula is C12H13Cl2N3O3S2. The van der Waals surface area contributed by atoms with Gasteiger partial charge in [0.1, 0.15) is 5.82 Å². The van der Waals surface area contributed by atoms with Gasteiger partial charge in [-0.25, -0.2) is 13.4 Å². The molecule has 1 fully saturated rings. The summed E-state index contributed by atoms with van der Waals surface area (Å²) in [4.78, 5) is 4.26. The highest BCUT2D eigenvalue weighted by Gasteiger charge is 2.53. The predicted molar refractivity (Wildman–Crippen MR) is 85.0 cm³/mol. The van der Waals surface area contributed by atoms with Crippen LogP contribution in [0, 0.1) is 0 Å². The molecule has 0 aromatic carbocycles. The molecule has 0 radical (unpaired) electrons. The third-order valence-electron chi connectivity index (χ3n) is 3.72. The van der Waals surface area contributed by atoms with Crippen LogP contribution in [0.1, 0.15) is 5.82 Å². The second kappa shape index (κ2) is 5.47. The zero-order chi connectivity index (χ0) is 16.1. The van der Waals surface area contributed by atoms with Gasteiger partial charge in [-0.3, -0.25) is 0 Å². The molecule has 2 aromatic rings. The number of aryl methyl sites for hydroxylation is 1. The van der Waals surface area contributed by atoms with Gasteiger partial charge in [0.05, 0.1) is 23.1 Å². The summed E-state index contributed by atoms with van der Waals surface area (Å²) in [5, 5.41) is 1.82. The van der Waals surface area contributed by atoms with Crippen molar-refractivity contribution in [3.63, 3.8) is 0 Å². The zero-order valence-corrected chi connectivity index (χ0v) is 14.9. The van der Waals surface area contributed by atoms with Gasteiger partial charge in [-0.05, 0) is 0 Å². The molecule has 0 amide bonds. The second-order valence-electron chi connectivity index (χ2n) is 5.02. The van der Waals surface area contributed by atoms with Crippen LogP contribution in [-0.4, -0.2) is 42.5 Å². The average molecular weight is 382 g/mol. The maximum absolute atomic E-state index is 12.6. The highest BCUT2D eigenvalue weighted by atomic mass is 35.5. The summed E-state index contributed by atoms with van der Waals surface area (Å²) in [5.74, 6) is 0.691. The van der Waals surface area contributed by atoms with Crippen molar-refractivity contribution in [3.05, 3.63) is 33.6 Å². The summed E-state index contributed by atoms with van der Waals surface area (Å²) in [7, 11) is -0.286. The SMILES string of the molecule is COC1(c2nccn2C)CN(S(=O)(=O)c2scc(Cl)c2Cl)C1. The number of aromatic nitrogens is 2. The molecule has 0 aliphatic carbocycles. The van der Waals surface area contributed by atoms with Crippen LogP contribution in [0.5, 0.6) is 0 Å². The minimum atomic E-state index is -3.68. The molecule has 0 spiro atoms. The maximum Gasteiger partial charge on any atom is 0.254 e. The number of methoxy groups -OCH3 is 1. The van der Waals surface area contributed by atoms with Crippen LogP contribution >= 0.6 is 34.5 Å². The summed E-state index contributed by atoms with van der Waals surface area (Å²) >= 11 is 12.8. The van der Waals surface area contributed by atoms with E-state index in [0.717, 1.165) is 11.3 Å². The fraction of sp³-hybridized carbons (Fsp3) is 0.417. The van der Waals surface area contributed by atoms with E-state index in [-0.39, 0.29) is 27.3 Å².